The molecule has 1 saturated carbocycles. The summed E-state index contributed by atoms with van der Waals surface area (Å²) in [6.45, 7) is -0.352. The van der Waals surface area contributed by atoms with E-state index in [4.69, 9.17) is 4.84 Å². The monoisotopic (exact) mass is 491 g/mol. The summed E-state index contributed by atoms with van der Waals surface area (Å²) in [6, 6.07) is 8.50. The quantitative estimate of drug-likeness (QED) is 0.176. The van der Waals surface area contributed by atoms with Crippen molar-refractivity contribution in [1.82, 2.24) is 9.55 Å². The van der Waals surface area contributed by atoms with Gasteiger partial charge in [-0.25, -0.2) is 4.98 Å². The van der Waals surface area contributed by atoms with Crippen molar-refractivity contribution >= 4 is 5.71 Å². The van der Waals surface area contributed by atoms with Crippen LogP contribution in [-0.4, -0.2) is 15.3 Å². The Morgan fingerprint density at radius 1 is 1.00 bits per heavy atom. The van der Waals surface area contributed by atoms with Gasteiger partial charge in [0.25, 0.3) is 0 Å². The van der Waals surface area contributed by atoms with Gasteiger partial charge in [0.15, 0.2) is 0 Å². The van der Waals surface area contributed by atoms with Crippen LogP contribution in [0.2, 0.25) is 0 Å². The molecule has 1 heterocycles. The highest BCUT2D eigenvalue weighted by atomic mass is 19.4. The molecule has 4 rings (SSSR count). The molecule has 2 aromatic carbocycles. The molecule has 3 aromatic rings. The van der Waals surface area contributed by atoms with Crippen LogP contribution in [0.1, 0.15) is 40.7 Å². The Labute approximate surface area is 197 Å². The van der Waals surface area contributed by atoms with Crippen molar-refractivity contribution in [2.75, 3.05) is 0 Å². The maximum Gasteiger partial charge on any atom is 0.416 e. The number of imidazole rings is 1. The van der Waals surface area contributed by atoms with Gasteiger partial charge in [-0.1, -0.05) is 29.1 Å². The van der Waals surface area contributed by atoms with E-state index in [9.17, 15) is 26.3 Å². The highest BCUT2D eigenvalue weighted by Crippen LogP contribution is 2.36. The second kappa shape index (κ2) is 9.86. The number of alkyl halides is 6. The molecule has 0 radical (unpaired) electrons. The fourth-order valence-electron chi connectivity index (χ4n) is 3.17. The Hall–Kier alpha value is -3.74. The average molecular weight is 491 g/mol. The number of hydrogen-bond donors (Lipinski definition) is 0. The van der Waals surface area contributed by atoms with Gasteiger partial charge in [0.1, 0.15) is 12.3 Å². The van der Waals surface area contributed by atoms with Gasteiger partial charge in [0.2, 0.25) is 0 Å². The van der Waals surface area contributed by atoms with E-state index in [-0.39, 0.29) is 18.2 Å². The van der Waals surface area contributed by atoms with Crippen molar-refractivity contribution in [1.29, 1.82) is 0 Å². The van der Waals surface area contributed by atoms with Crippen molar-refractivity contribution in [3.05, 3.63) is 89.0 Å². The predicted octanol–water partition coefficient (Wildman–Crippen LogP) is 6.30. The summed E-state index contributed by atoms with van der Waals surface area (Å²) in [6.07, 6.45) is -2.84. The fraction of sp³-hybridized carbons (Fsp3) is 0.280. The molecule has 0 unspecified atom stereocenters. The zero-order valence-electron chi connectivity index (χ0n) is 18.2. The Balaban J connectivity index is 1.56. The fourth-order valence-corrected chi connectivity index (χ4v) is 3.17. The van der Waals surface area contributed by atoms with E-state index in [1.54, 1.807) is 35.4 Å². The first kappa shape index (κ1) is 24.4. The first-order valence-electron chi connectivity index (χ1n) is 10.6. The third kappa shape index (κ3) is 6.88. The summed E-state index contributed by atoms with van der Waals surface area (Å²) in [5, 5.41) is 4.03. The van der Waals surface area contributed by atoms with E-state index in [0.29, 0.717) is 29.3 Å². The highest BCUT2D eigenvalue weighted by Gasteiger charge is 2.36. The van der Waals surface area contributed by atoms with E-state index in [1.807, 2.05) is 12.1 Å². The predicted molar refractivity (Wildman–Crippen MR) is 116 cm³/mol. The number of nitrogens with zero attached hydrogens (tertiary/aromatic N) is 3. The molecule has 182 valence electrons. The summed E-state index contributed by atoms with van der Waals surface area (Å²) in [5.74, 6) is 6.71. The van der Waals surface area contributed by atoms with Crippen molar-refractivity contribution in [2.45, 2.75) is 38.3 Å². The third-order valence-electron chi connectivity index (χ3n) is 5.16. The molecule has 0 saturated heterocycles. The zero-order chi connectivity index (χ0) is 25.1. The van der Waals surface area contributed by atoms with E-state index >= 15 is 0 Å². The van der Waals surface area contributed by atoms with Crippen LogP contribution in [0.25, 0.3) is 0 Å². The Bertz CT molecular complexity index is 1210. The SMILES string of the molecule is FC(F)(F)c1cc(CON=C(Cn2ccnc2)c2ccc(C#CC3CC3)cc2)cc(C(F)(F)F)c1. The summed E-state index contributed by atoms with van der Waals surface area (Å²) in [5.41, 5.74) is -1.22. The molecular weight excluding hydrogens is 472 g/mol. The van der Waals surface area contributed by atoms with Gasteiger partial charge in [-0.2, -0.15) is 26.3 Å². The van der Waals surface area contributed by atoms with Crippen LogP contribution >= 0.6 is 0 Å². The van der Waals surface area contributed by atoms with Crippen molar-refractivity contribution in [3.8, 4) is 11.8 Å². The largest absolute Gasteiger partial charge is 0.416 e. The third-order valence-corrected chi connectivity index (χ3v) is 5.16. The van der Waals surface area contributed by atoms with Crippen molar-refractivity contribution in [3.63, 3.8) is 0 Å². The van der Waals surface area contributed by atoms with Gasteiger partial charge in [0, 0.05) is 29.4 Å². The molecule has 1 aromatic heterocycles. The normalized spacial score (nSPS) is 14.4. The number of rotatable bonds is 6. The van der Waals surface area contributed by atoms with Gasteiger partial charge in [-0.3, -0.25) is 0 Å². The van der Waals surface area contributed by atoms with Crippen LogP contribution in [0.4, 0.5) is 26.3 Å². The first-order chi connectivity index (χ1) is 16.6. The van der Waals surface area contributed by atoms with Gasteiger partial charge in [-0.15, -0.1) is 0 Å². The zero-order valence-corrected chi connectivity index (χ0v) is 18.2. The standard InChI is InChI=1S/C25H19F6N3O/c26-24(27,28)21-11-19(12-22(13-21)25(29,30)31)15-35-33-23(14-34-10-9-32-16-34)20-7-5-18(6-8-20)4-3-17-1-2-17/h5-13,16-17H,1-2,14-15H2. The second-order valence-electron chi connectivity index (χ2n) is 8.08. The molecule has 0 atom stereocenters. The topological polar surface area (TPSA) is 39.4 Å². The van der Waals surface area contributed by atoms with Gasteiger partial charge in [0.05, 0.1) is 24.0 Å². The number of halogens is 6. The van der Waals surface area contributed by atoms with Gasteiger partial charge in [-0.05, 0) is 48.7 Å². The molecular formula is C25H19F6N3O. The van der Waals surface area contributed by atoms with Gasteiger partial charge < -0.3 is 9.40 Å². The molecule has 1 aliphatic carbocycles. The lowest BCUT2D eigenvalue weighted by atomic mass is 10.1. The summed E-state index contributed by atoms with van der Waals surface area (Å²) < 4.78 is 80.3. The maximum atomic E-state index is 13.1. The molecule has 0 bridgehead atoms. The molecule has 4 nitrogen and oxygen atoms in total. The number of oxime groups is 1. The molecule has 1 fully saturated rings. The van der Waals surface area contributed by atoms with Crippen molar-refractivity contribution in [2.24, 2.45) is 11.1 Å². The average Bonchev–Trinajstić information content (AvgIpc) is 3.49. The number of aromatic nitrogens is 2. The van der Waals surface area contributed by atoms with Crippen LogP contribution in [-0.2, 0) is 30.3 Å². The smallest absolute Gasteiger partial charge is 0.391 e. The number of hydrogen-bond acceptors (Lipinski definition) is 3. The minimum absolute atomic E-state index is 0.0743. The van der Waals surface area contributed by atoms with Crippen LogP contribution in [0, 0.1) is 17.8 Å². The Kier molecular flexibility index (Phi) is 6.87. The summed E-state index contributed by atoms with van der Waals surface area (Å²) in [4.78, 5) is 9.19. The van der Waals surface area contributed by atoms with E-state index in [2.05, 4.69) is 22.0 Å². The summed E-state index contributed by atoms with van der Waals surface area (Å²) in [7, 11) is 0. The van der Waals surface area contributed by atoms with E-state index in [1.165, 1.54) is 0 Å². The minimum atomic E-state index is -4.93. The Morgan fingerprint density at radius 3 is 2.20 bits per heavy atom. The highest BCUT2D eigenvalue weighted by molar-refractivity contribution is 6.00. The van der Waals surface area contributed by atoms with Crippen LogP contribution < -0.4 is 0 Å². The molecule has 0 aliphatic heterocycles. The second-order valence-corrected chi connectivity index (χ2v) is 8.08. The van der Waals surface area contributed by atoms with Gasteiger partial charge >= 0.3 is 12.4 Å². The lowest BCUT2D eigenvalue weighted by Gasteiger charge is -2.14. The van der Waals surface area contributed by atoms with E-state index in [0.717, 1.165) is 18.4 Å². The maximum absolute atomic E-state index is 13.1. The lowest BCUT2D eigenvalue weighted by Crippen LogP contribution is -2.13. The van der Waals surface area contributed by atoms with Crippen molar-refractivity contribution < 1.29 is 31.2 Å². The molecule has 1 aliphatic rings. The Morgan fingerprint density at radius 2 is 1.66 bits per heavy atom. The van der Waals surface area contributed by atoms with Crippen LogP contribution in [0.15, 0.2) is 66.3 Å². The van der Waals surface area contributed by atoms with E-state index < -0.39 is 30.1 Å². The molecule has 35 heavy (non-hydrogen) atoms. The molecule has 10 heteroatoms. The molecule has 0 spiro atoms. The van der Waals surface area contributed by atoms with Crippen LogP contribution in [0.3, 0.4) is 0 Å². The lowest BCUT2D eigenvalue weighted by molar-refractivity contribution is -0.143. The first-order valence-corrected chi connectivity index (χ1v) is 10.6. The molecule has 0 N–H and O–H groups in total. The number of benzene rings is 2. The summed E-state index contributed by atoms with van der Waals surface area (Å²) >= 11 is 0. The minimum Gasteiger partial charge on any atom is -0.391 e. The van der Waals surface area contributed by atoms with Crippen LogP contribution in [0.5, 0.6) is 0 Å². The molecule has 0 amide bonds.